The van der Waals surface area contributed by atoms with Crippen molar-refractivity contribution in [2.75, 3.05) is 19.8 Å². The lowest BCUT2D eigenvalue weighted by atomic mass is 10.0. The Kier molecular flexibility index (Phi) is 47.3. The Morgan fingerprint density at radius 1 is 0.321 bits per heavy atom. The van der Waals surface area contributed by atoms with Crippen molar-refractivity contribution in [1.82, 2.24) is 0 Å². The number of ether oxygens (including phenoxy) is 3. The number of carbonyl (C=O) groups excluding carboxylic acids is 2. The molecule has 0 bridgehead atoms. The Balaban J connectivity index is 4.16. The first-order chi connectivity index (χ1) is 27.6. The van der Waals surface area contributed by atoms with Crippen molar-refractivity contribution in [2.45, 2.75) is 297 Å². The molecule has 0 unspecified atom stereocenters. The number of rotatable bonds is 48. The smallest absolute Gasteiger partial charge is 0.306 e. The zero-order valence-electron chi connectivity index (χ0n) is 38.4. The fourth-order valence-electron chi connectivity index (χ4n) is 7.81. The molecule has 0 radical (unpaired) electrons. The number of carbonyl (C=O) groups is 2. The Morgan fingerprint density at radius 2 is 0.589 bits per heavy atom. The van der Waals surface area contributed by atoms with Gasteiger partial charge in [0.1, 0.15) is 6.61 Å². The second kappa shape index (κ2) is 48.3. The molecular formula is C51H100O5. The molecule has 0 rings (SSSR count). The van der Waals surface area contributed by atoms with E-state index in [2.05, 4.69) is 20.8 Å². The van der Waals surface area contributed by atoms with E-state index in [-0.39, 0.29) is 18.5 Å². The fraction of sp³-hybridized carbons (Fsp3) is 0.961. The van der Waals surface area contributed by atoms with Gasteiger partial charge in [0.25, 0.3) is 0 Å². The maximum absolute atomic E-state index is 12.7. The van der Waals surface area contributed by atoms with Crippen molar-refractivity contribution in [3.8, 4) is 0 Å². The van der Waals surface area contributed by atoms with Gasteiger partial charge in [-0.15, -0.1) is 0 Å². The molecule has 334 valence electrons. The van der Waals surface area contributed by atoms with Crippen LogP contribution in [0.3, 0.4) is 0 Å². The topological polar surface area (TPSA) is 61.8 Å². The molecule has 0 aromatic carbocycles. The Hall–Kier alpha value is -1.10. The molecule has 0 saturated heterocycles. The third-order valence-corrected chi connectivity index (χ3v) is 11.6. The van der Waals surface area contributed by atoms with Gasteiger partial charge in [0.05, 0.1) is 6.61 Å². The first-order valence-corrected chi connectivity index (χ1v) is 25.6. The van der Waals surface area contributed by atoms with Crippen LogP contribution in [-0.2, 0) is 23.8 Å². The summed E-state index contributed by atoms with van der Waals surface area (Å²) in [6.45, 7) is 7.89. The van der Waals surface area contributed by atoms with Crippen LogP contribution in [-0.4, -0.2) is 37.9 Å². The van der Waals surface area contributed by atoms with Gasteiger partial charge in [-0.3, -0.25) is 9.59 Å². The highest BCUT2D eigenvalue weighted by atomic mass is 16.6. The van der Waals surface area contributed by atoms with Crippen molar-refractivity contribution >= 4 is 11.9 Å². The molecule has 0 saturated carbocycles. The SMILES string of the molecule is CCCCCCCCCCCCCCCCCCOC[C@H](COC(=O)CCCCCCCCCCCCCCC)OC(=O)CCCCCCCCCCCCC. The average molecular weight is 793 g/mol. The minimum absolute atomic E-state index is 0.0975. The van der Waals surface area contributed by atoms with Gasteiger partial charge in [-0.05, 0) is 19.3 Å². The standard InChI is InChI=1S/C51H100O5/c1-4-7-10-13-16-19-22-24-25-26-28-31-34-37-40-43-46-54-47-49(56-51(53)45-42-39-36-33-29-21-18-15-12-9-6-3)48-55-50(52)44-41-38-35-32-30-27-23-20-17-14-11-8-5-2/h49H,4-48H2,1-3H3/t49-/m1/s1. The molecule has 0 aromatic heterocycles. The van der Waals surface area contributed by atoms with Crippen molar-refractivity contribution < 1.29 is 23.8 Å². The van der Waals surface area contributed by atoms with Crippen LogP contribution in [0.15, 0.2) is 0 Å². The van der Waals surface area contributed by atoms with Crippen molar-refractivity contribution in [3.05, 3.63) is 0 Å². The third kappa shape index (κ3) is 45.6. The molecule has 0 N–H and O–H groups in total. The summed E-state index contributed by atoms with van der Waals surface area (Å²) in [5.74, 6) is -0.373. The second-order valence-corrected chi connectivity index (χ2v) is 17.5. The van der Waals surface area contributed by atoms with E-state index in [0.717, 1.165) is 32.1 Å². The van der Waals surface area contributed by atoms with E-state index in [9.17, 15) is 9.59 Å². The Morgan fingerprint density at radius 3 is 0.911 bits per heavy atom. The summed E-state index contributed by atoms with van der Waals surface area (Å²) in [4.78, 5) is 25.3. The van der Waals surface area contributed by atoms with Crippen LogP contribution < -0.4 is 0 Å². The molecule has 0 aliphatic heterocycles. The summed E-state index contributed by atoms with van der Waals surface area (Å²) in [5.41, 5.74) is 0. The highest BCUT2D eigenvalue weighted by Gasteiger charge is 2.17. The Labute approximate surface area is 351 Å². The lowest BCUT2D eigenvalue weighted by Crippen LogP contribution is -2.30. The summed E-state index contributed by atoms with van der Waals surface area (Å²) in [6, 6.07) is 0. The molecule has 0 aromatic rings. The number of hydrogen-bond donors (Lipinski definition) is 0. The zero-order chi connectivity index (χ0) is 40.7. The molecule has 0 fully saturated rings. The van der Waals surface area contributed by atoms with E-state index < -0.39 is 6.10 Å². The lowest BCUT2D eigenvalue weighted by molar-refractivity contribution is -0.163. The predicted molar refractivity (Wildman–Crippen MR) is 243 cm³/mol. The van der Waals surface area contributed by atoms with E-state index in [1.165, 1.54) is 225 Å². The quantitative estimate of drug-likeness (QED) is 0.0454. The van der Waals surface area contributed by atoms with E-state index in [1.54, 1.807) is 0 Å². The number of esters is 2. The van der Waals surface area contributed by atoms with Gasteiger partial charge in [-0.1, -0.05) is 258 Å². The lowest BCUT2D eigenvalue weighted by Gasteiger charge is -2.18. The maximum Gasteiger partial charge on any atom is 0.306 e. The van der Waals surface area contributed by atoms with Crippen LogP contribution >= 0.6 is 0 Å². The largest absolute Gasteiger partial charge is 0.462 e. The molecular weight excluding hydrogens is 693 g/mol. The monoisotopic (exact) mass is 793 g/mol. The van der Waals surface area contributed by atoms with Gasteiger partial charge in [-0.2, -0.15) is 0 Å². The molecule has 0 heterocycles. The van der Waals surface area contributed by atoms with Crippen LogP contribution in [0.1, 0.15) is 290 Å². The molecule has 56 heavy (non-hydrogen) atoms. The summed E-state index contributed by atoms with van der Waals surface area (Å²) in [7, 11) is 0. The zero-order valence-corrected chi connectivity index (χ0v) is 38.4. The minimum atomic E-state index is -0.521. The van der Waals surface area contributed by atoms with Gasteiger partial charge in [0.15, 0.2) is 6.10 Å². The summed E-state index contributed by atoms with van der Waals surface area (Å²) in [6.07, 6.45) is 52.5. The van der Waals surface area contributed by atoms with E-state index in [0.29, 0.717) is 26.1 Å². The van der Waals surface area contributed by atoms with Crippen LogP contribution in [0, 0.1) is 0 Å². The molecule has 0 aliphatic rings. The van der Waals surface area contributed by atoms with Crippen molar-refractivity contribution in [1.29, 1.82) is 0 Å². The second-order valence-electron chi connectivity index (χ2n) is 17.5. The maximum atomic E-state index is 12.7. The van der Waals surface area contributed by atoms with E-state index in [1.807, 2.05) is 0 Å². The van der Waals surface area contributed by atoms with Crippen LogP contribution in [0.2, 0.25) is 0 Å². The first kappa shape index (κ1) is 54.9. The summed E-state index contributed by atoms with van der Waals surface area (Å²) >= 11 is 0. The van der Waals surface area contributed by atoms with Crippen LogP contribution in [0.25, 0.3) is 0 Å². The van der Waals surface area contributed by atoms with E-state index >= 15 is 0 Å². The average Bonchev–Trinajstić information content (AvgIpc) is 3.20. The van der Waals surface area contributed by atoms with E-state index in [4.69, 9.17) is 14.2 Å². The summed E-state index contributed by atoms with van der Waals surface area (Å²) < 4.78 is 17.4. The van der Waals surface area contributed by atoms with Crippen LogP contribution in [0.4, 0.5) is 0 Å². The fourth-order valence-corrected chi connectivity index (χ4v) is 7.81. The van der Waals surface area contributed by atoms with Gasteiger partial charge < -0.3 is 14.2 Å². The van der Waals surface area contributed by atoms with Crippen molar-refractivity contribution in [3.63, 3.8) is 0 Å². The summed E-state index contributed by atoms with van der Waals surface area (Å²) in [5, 5.41) is 0. The third-order valence-electron chi connectivity index (χ3n) is 11.6. The molecule has 0 aliphatic carbocycles. The normalized spacial score (nSPS) is 12.0. The van der Waals surface area contributed by atoms with Gasteiger partial charge in [-0.25, -0.2) is 0 Å². The molecule has 5 nitrogen and oxygen atoms in total. The molecule has 0 amide bonds. The highest BCUT2D eigenvalue weighted by Crippen LogP contribution is 2.16. The van der Waals surface area contributed by atoms with Gasteiger partial charge in [0.2, 0.25) is 0 Å². The van der Waals surface area contributed by atoms with Gasteiger partial charge in [0, 0.05) is 19.4 Å². The minimum Gasteiger partial charge on any atom is -0.462 e. The number of unbranched alkanes of at least 4 members (excludes halogenated alkanes) is 37. The molecule has 0 spiro atoms. The van der Waals surface area contributed by atoms with Crippen molar-refractivity contribution in [2.24, 2.45) is 0 Å². The number of hydrogen-bond acceptors (Lipinski definition) is 5. The Bertz CT molecular complexity index is 769. The van der Waals surface area contributed by atoms with Gasteiger partial charge >= 0.3 is 11.9 Å². The van der Waals surface area contributed by atoms with Crippen LogP contribution in [0.5, 0.6) is 0 Å². The first-order valence-electron chi connectivity index (χ1n) is 25.6. The molecule has 5 heteroatoms. The highest BCUT2D eigenvalue weighted by molar-refractivity contribution is 5.70. The predicted octanol–water partition coefficient (Wildman–Crippen LogP) is 16.9. The molecule has 1 atom stereocenters.